The van der Waals surface area contributed by atoms with Crippen molar-refractivity contribution in [3.8, 4) is 0 Å². The van der Waals surface area contributed by atoms with E-state index in [2.05, 4.69) is 27.7 Å². The van der Waals surface area contributed by atoms with E-state index in [1.807, 2.05) is 30.5 Å². The zero-order valence-corrected chi connectivity index (χ0v) is 23.2. The molecule has 2 unspecified atom stereocenters. The highest BCUT2D eigenvalue weighted by Gasteiger charge is 2.47. The second kappa shape index (κ2) is 11.5. The molecule has 1 fully saturated rings. The highest BCUT2D eigenvalue weighted by Crippen LogP contribution is 2.42. The van der Waals surface area contributed by atoms with Gasteiger partial charge in [-0.25, -0.2) is 0 Å². The minimum absolute atomic E-state index is 0.00435. The number of thioether (sulfide) groups is 1. The number of nitrogens with two attached hydrogens (primary N) is 1. The molecule has 5 nitrogen and oxygen atoms in total. The number of benzene rings is 1. The summed E-state index contributed by atoms with van der Waals surface area (Å²) in [7, 11) is 0. The van der Waals surface area contributed by atoms with Crippen LogP contribution in [0.2, 0.25) is 0 Å². The van der Waals surface area contributed by atoms with Gasteiger partial charge < -0.3 is 15.6 Å². The molecular weight excluding hydrogens is 478 g/mol. The van der Waals surface area contributed by atoms with E-state index in [1.54, 1.807) is 0 Å². The van der Waals surface area contributed by atoms with Crippen LogP contribution in [0, 0.1) is 6.92 Å². The van der Waals surface area contributed by atoms with Gasteiger partial charge in [0.25, 0.3) is 0 Å². The van der Waals surface area contributed by atoms with Crippen LogP contribution in [0.3, 0.4) is 0 Å². The van der Waals surface area contributed by atoms with Crippen molar-refractivity contribution in [1.29, 1.82) is 0 Å². The third kappa shape index (κ3) is 6.69. The van der Waals surface area contributed by atoms with E-state index < -0.39 is 16.8 Å². The largest absolute Gasteiger partial charge is 0.457 e. The lowest BCUT2D eigenvalue weighted by Gasteiger charge is -2.39. The summed E-state index contributed by atoms with van der Waals surface area (Å²) in [4.78, 5) is 28.6. The molecule has 0 radical (unpaired) electrons. The van der Waals surface area contributed by atoms with Crippen molar-refractivity contribution in [3.63, 3.8) is 0 Å². The van der Waals surface area contributed by atoms with Gasteiger partial charge in [-0.1, -0.05) is 40.5 Å². The monoisotopic (exact) mass is 517 g/mol. The number of nitrogen functional groups attached to an aromatic ring is 1. The number of aliphatic hydroxyl groups excluding tert-OH is 1. The Bertz CT molecular complexity index is 1040. The smallest absolute Gasteiger partial charge is 0.327 e. The Morgan fingerprint density at radius 3 is 2.60 bits per heavy atom. The van der Waals surface area contributed by atoms with Gasteiger partial charge in [0.15, 0.2) is 11.0 Å². The Morgan fingerprint density at radius 2 is 1.97 bits per heavy atom. The maximum Gasteiger partial charge on any atom is 0.327 e. The molecule has 7 heteroatoms. The minimum Gasteiger partial charge on any atom is -0.457 e. The normalized spacial score (nSPS) is 20.8. The molecule has 3 rings (SSSR count). The molecule has 35 heavy (non-hydrogen) atoms. The number of unbranched alkanes of at least 4 members (excludes halogenated alkanes) is 2. The fraction of sp³-hybridized carbons (Fsp3) is 0.571. The quantitative estimate of drug-likeness (QED) is 0.165. The van der Waals surface area contributed by atoms with Gasteiger partial charge in [-0.05, 0) is 78.3 Å². The molecule has 0 amide bonds. The standard InChI is InChI=1S/C28H39NO4S2/c1-6-7-8-11-28(12-9-19-10-13-34-24(19)17-30)16-22(31)25(26(32)33-28)35-23-14-18(2)21(29)15-20(23)27(3,4)5/h10,13-15,25,30H,6-9,11-12,16-17,29H2,1-5H3. The summed E-state index contributed by atoms with van der Waals surface area (Å²) >= 11 is 2.82. The fourth-order valence-electron chi connectivity index (χ4n) is 4.66. The first-order valence-electron chi connectivity index (χ1n) is 12.5. The summed E-state index contributed by atoms with van der Waals surface area (Å²) in [6, 6.07) is 5.96. The topological polar surface area (TPSA) is 89.6 Å². The van der Waals surface area contributed by atoms with Crippen LogP contribution in [0.1, 0.15) is 87.8 Å². The Balaban J connectivity index is 1.83. The van der Waals surface area contributed by atoms with Gasteiger partial charge in [0.05, 0.1) is 6.61 Å². The number of thiophene rings is 1. The summed E-state index contributed by atoms with van der Waals surface area (Å²) in [5.74, 6) is -0.505. The number of esters is 1. The number of aliphatic hydroxyl groups is 1. The molecule has 1 aromatic carbocycles. The van der Waals surface area contributed by atoms with Gasteiger partial charge in [-0.15, -0.1) is 23.1 Å². The molecule has 0 aliphatic carbocycles. The van der Waals surface area contributed by atoms with E-state index in [1.165, 1.54) is 23.1 Å². The van der Waals surface area contributed by atoms with Crippen molar-refractivity contribution in [2.45, 2.75) is 107 Å². The zero-order valence-electron chi connectivity index (χ0n) is 21.6. The number of carbonyl (C=O) groups excluding carboxylic acids is 2. The predicted molar refractivity (Wildman–Crippen MR) is 145 cm³/mol. The van der Waals surface area contributed by atoms with Crippen molar-refractivity contribution < 1.29 is 19.4 Å². The van der Waals surface area contributed by atoms with Gasteiger partial charge in [-0.2, -0.15) is 0 Å². The number of Topliss-reactive ketones (excluding diaryl/α,β-unsaturated/α-hetero) is 1. The van der Waals surface area contributed by atoms with Crippen LogP contribution in [-0.2, 0) is 32.8 Å². The number of anilines is 1. The van der Waals surface area contributed by atoms with Crippen molar-refractivity contribution in [2.24, 2.45) is 0 Å². The summed E-state index contributed by atoms with van der Waals surface area (Å²) in [6.45, 7) is 10.4. The average Bonchev–Trinajstić information content (AvgIpc) is 3.24. The second-order valence-corrected chi connectivity index (χ2v) is 12.8. The highest BCUT2D eigenvalue weighted by atomic mass is 32.2. The first kappa shape index (κ1) is 27.8. The number of aryl methyl sites for hydroxylation is 2. The van der Waals surface area contributed by atoms with Crippen LogP contribution in [0.5, 0.6) is 0 Å². The molecule has 0 bridgehead atoms. The number of ketones is 1. The summed E-state index contributed by atoms with van der Waals surface area (Å²) < 4.78 is 6.16. The van der Waals surface area contributed by atoms with Gasteiger partial charge in [-0.3, -0.25) is 9.59 Å². The Morgan fingerprint density at radius 1 is 1.23 bits per heavy atom. The Kier molecular flexibility index (Phi) is 9.11. The Hall–Kier alpha value is -1.83. The van der Waals surface area contributed by atoms with Gasteiger partial charge in [0, 0.05) is 21.9 Å². The number of rotatable bonds is 10. The maximum absolute atomic E-state index is 13.5. The number of ether oxygens (including phenoxy) is 1. The maximum atomic E-state index is 13.5. The van der Waals surface area contributed by atoms with Crippen molar-refractivity contribution in [1.82, 2.24) is 0 Å². The molecule has 3 N–H and O–H groups in total. The predicted octanol–water partition coefficient (Wildman–Crippen LogP) is 6.36. The lowest BCUT2D eigenvalue weighted by atomic mass is 9.82. The van der Waals surface area contributed by atoms with Crippen molar-refractivity contribution >= 4 is 40.5 Å². The molecule has 2 heterocycles. The lowest BCUT2D eigenvalue weighted by Crippen LogP contribution is -2.49. The second-order valence-electron chi connectivity index (χ2n) is 10.7. The first-order chi connectivity index (χ1) is 16.5. The number of hydrogen-bond donors (Lipinski definition) is 2. The lowest BCUT2D eigenvalue weighted by molar-refractivity contribution is -0.171. The van der Waals surface area contributed by atoms with E-state index in [-0.39, 0.29) is 24.2 Å². The number of cyclic esters (lactones) is 1. The van der Waals surface area contributed by atoms with Crippen LogP contribution in [0.4, 0.5) is 5.69 Å². The minimum atomic E-state index is -0.868. The van der Waals surface area contributed by atoms with Gasteiger partial charge >= 0.3 is 5.97 Å². The van der Waals surface area contributed by atoms with Crippen LogP contribution >= 0.6 is 23.1 Å². The van der Waals surface area contributed by atoms with Crippen LogP contribution in [0.25, 0.3) is 0 Å². The first-order valence-corrected chi connectivity index (χ1v) is 14.2. The molecule has 2 atom stereocenters. The fourth-order valence-corrected chi connectivity index (χ4v) is 6.80. The zero-order chi connectivity index (χ0) is 25.8. The van der Waals surface area contributed by atoms with Gasteiger partial charge in [0.1, 0.15) is 5.60 Å². The molecule has 1 saturated heterocycles. The van der Waals surface area contributed by atoms with Crippen LogP contribution in [0.15, 0.2) is 28.5 Å². The molecule has 1 aliphatic rings. The third-order valence-electron chi connectivity index (χ3n) is 6.81. The van der Waals surface area contributed by atoms with E-state index in [0.29, 0.717) is 24.9 Å². The van der Waals surface area contributed by atoms with E-state index in [4.69, 9.17) is 10.5 Å². The molecule has 0 saturated carbocycles. The SMILES string of the molecule is CCCCCC1(CCc2ccsc2CO)CC(=O)C(Sc2cc(C)c(N)cc2C(C)(C)C)C(=O)O1. The van der Waals surface area contributed by atoms with Crippen LogP contribution in [-0.4, -0.2) is 27.7 Å². The Labute approximate surface area is 217 Å². The third-order valence-corrected chi connectivity index (χ3v) is 9.04. The average molecular weight is 518 g/mol. The number of hydrogen-bond acceptors (Lipinski definition) is 7. The molecule has 1 aromatic heterocycles. The molecule has 2 aromatic rings. The van der Waals surface area contributed by atoms with E-state index in [0.717, 1.165) is 45.7 Å². The van der Waals surface area contributed by atoms with Gasteiger partial charge in [0.2, 0.25) is 0 Å². The molecule has 0 spiro atoms. The van der Waals surface area contributed by atoms with Crippen molar-refractivity contribution in [2.75, 3.05) is 5.73 Å². The van der Waals surface area contributed by atoms with Crippen LogP contribution < -0.4 is 5.73 Å². The molecule has 192 valence electrons. The molecule has 1 aliphatic heterocycles. The van der Waals surface area contributed by atoms with E-state index in [9.17, 15) is 14.7 Å². The molecular formula is C28H39NO4S2. The summed E-state index contributed by atoms with van der Waals surface area (Å²) in [5, 5.41) is 10.7. The highest BCUT2D eigenvalue weighted by molar-refractivity contribution is 8.01. The van der Waals surface area contributed by atoms with Crippen molar-refractivity contribution in [3.05, 3.63) is 45.1 Å². The summed E-state index contributed by atoms with van der Waals surface area (Å²) in [6.07, 6.45) is 5.18. The number of carbonyl (C=O) groups is 2. The van der Waals surface area contributed by atoms with E-state index >= 15 is 0 Å². The summed E-state index contributed by atoms with van der Waals surface area (Å²) in [5.41, 5.74) is 8.96.